The van der Waals surface area contributed by atoms with Gasteiger partial charge in [-0.25, -0.2) is 0 Å². The van der Waals surface area contributed by atoms with Gasteiger partial charge in [-0.2, -0.15) is 0 Å². The number of rotatable bonds is 12. The Morgan fingerprint density at radius 2 is 0.500 bits per heavy atom. The van der Waals surface area contributed by atoms with Gasteiger partial charge in [0.05, 0.1) is 39.6 Å². The molecule has 0 radical (unpaired) electrons. The van der Waals surface area contributed by atoms with Crippen LogP contribution in [0.15, 0.2) is 0 Å². The molecule has 0 amide bonds. The summed E-state index contributed by atoms with van der Waals surface area (Å²) >= 11 is 0. The van der Waals surface area contributed by atoms with Gasteiger partial charge >= 0.3 is 5.97 Å². The lowest BCUT2D eigenvalue weighted by molar-refractivity contribution is -0.396. The molecule has 488 valence electrons. The van der Waals surface area contributed by atoms with Crippen molar-refractivity contribution >= 4 is 5.97 Å². The standard InChI is InChI=1S/C47H79NO36/c1-48-4-2-3-19(55)70-11-18-40-26(62)33(69)47(77-18)83-39-17(10-54)75-45(31(67)24(39)60)81-37-15(8-52)73-43(29(65)22(37)58)79-35-13(6-50)71-41(27(63)20(35)56)78-34-12(5-49)72-42(28(64)21(34)57)80-36-14(7-51)74-44(30(66)23(36)59)82-38-16(9-53)76-46(84-40)32(68)25(38)61/h12-18,20-54,56-69H,2-11H2,1H3/t12-,13-,14-,15-,16-,17-,18-,20-,21-,22-,23-,24+,25-,26-,27+,28-,29+,30-,31-,32-,33-,34-,35-,36-,37-,38-,39-,40-,41-,42-,43-,44-,45-,46-,47-/m1/s1. The predicted molar refractivity (Wildman–Crippen MR) is 255 cm³/mol. The first-order valence-electron chi connectivity index (χ1n) is 27.2. The fourth-order valence-electron chi connectivity index (χ4n) is 11.1. The summed E-state index contributed by atoms with van der Waals surface area (Å²) in [6.45, 7) is -6.79. The number of ether oxygens (including phenoxy) is 15. The average Bonchev–Trinajstić information content (AvgIpc) is 1.90. The molecule has 21 heterocycles. The second-order valence-electron chi connectivity index (χ2n) is 21.4. The van der Waals surface area contributed by atoms with E-state index in [1.165, 1.54) is 0 Å². The third kappa shape index (κ3) is 14.2. The molecule has 35 atom stereocenters. The maximum Gasteiger partial charge on any atom is 0.305 e. The van der Waals surface area contributed by atoms with E-state index in [9.17, 15) is 107 Å². The van der Waals surface area contributed by atoms with Gasteiger partial charge in [-0.15, -0.1) is 0 Å². The molecule has 21 aliphatic heterocycles. The molecule has 37 heteroatoms. The van der Waals surface area contributed by atoms with Crippen molar-refractivity contribution in [2.24, 2.45) is 0 Å². The SMILES string of the molecule is CNCCCC(=O)OC[C@H]1O[C@@H]2O[C@H]3[C@@H](O)[C@@H](O)[C@@H](O[C@H]4[C@H](O)[C@H](O)[C@@H](O[C@H]5[C@H](O)[C@H](O)[C@@H](O[C@H]6[C@H](O)[C@@H](O)[C@@H](O[C@H]7[C@H](O)[C@@H](O)[C@@H](O[C@H]8[C@H](O)[C@@H](O)[C@@H](O[C@H]1[C@H](O)[C@H]2O)O[C@@H]8CO)O[C@@H]7CO)O[C@@H]6CO)O[C@@H]5CO)O[C@@H]4CO)O[C@@H]3CO. The van der Waals surface area contributed by atoms with Gasteiger partial charge in [0.15, 0.2) is 44.0 Å². The normalized spacial score (nSPS) is 51.7. The molecule has 21 aliphatic rings. The lowest BCUT2D eigenvalue weighted by atomic mass is 9.95. The number of aliphatic hydroxyl groups excluding tert-OH is 20. The lowest BCUT2D eigenvalue weighted by Gasteiger charge is -2.50. The van der Waals surface area contributed by atoms with Crippen LogP contribution in [0.5, 0.6) is 0 Å². The molecule has 14 bridgehead atoms. The minimum atomic E-state index is -2.25. The van der Waals surface area contributed by atoms with Crippen molar-refractivity contribution in [3.05, 3.63) is 0 Å². The van der Waals surface area contributed by atoms with Crippen LogP contribution in [0.1, 0.15) is 12.8 Å². The Morgan fingerprint density at radius 3 is 0.690 bits per heavy atom. The smallest absolute Gasteiger partial charge is 0.305 e. The molecule has 0 spiro atoms. The molecule has 21 rings (SSSR count). The molecule has 0 aliphatic carbocycles. The van der Waals surface area contributed by atoms with E-state index in [2.05, 4.69) is 5.32 Å². The van der Waals surface area contributed by atoms with Crippen LogP contribution in [0.4, 0.5) is 0 Å². The Bertz CT molecular complexity index is 2010. The molecule has 0 aromatic rings. The highest BCUT2D eigenvalue weighted by molar-refractivity contribution is 5.69. The highest BCUT2D eigenvalue weighted by atomic mass is 16.8. The number of hydrogen-bond acceptors (Lipinski definition) is 37. The number of aliphatic hydroxyl groups is 20. The van der Waals surface area contributed by atoms with Crippen molar-refractivity contribution in [1.29, 1.82) is 0 Å². The lowest BCUT2D eigenvalue weighted by Crippen LogP contribution is -2.68. The van der Waals surface area contributed by atoms with Crippen LogP contribution in [0.3, 0.4) is 0 Å². The quantitative estimate of drug-likeness (QED) is 0.0637. The predicted octanol–water partition coefficient (Wildman–Crippen LogP) is -14.7. The zero-order chi connectivity index (χ0) is 61.2. The summed E-state index contributed by atoms with van der Waals surface area (Å²) in [4.78, 5) is 12.8. The van der Waals surface area contributed by atoms with Crippen molar-refractivity contribution in [2.45, 2.75) is 228 Å². The monoisotopic (exact) mass is 1230 g/mol. The van der Waals surface area contributed by atoms with Crippen LogP contribution in [0.25, 0.3) is 0 Å². The summed E-state index contributed by atoms with van der Waals surface area (Å²) in [5, 5.41) is 225. The third-order valence-corrected chi connectivity index (χ3v) is 15.8. The molecule has 84 heavy (non-hydrogen) atoms. The number of nitrogens with one attached hydrogen (secondary N) is 1. The minimum absolute atomic E-state index is 0.148. The molecule has 0 saturated carbocycles. The van der Waals surface area contributed by atoms with Gasteiger partial charge in [-0.05, 0) is 20.0 Å². The molecule has 21 N–H and O–H groups in total. The van der Waals surface area contributed by atoms with E-state index in [1.54, 1.807) is 7.05 Å². The van der Waals surface area contributed by atoms with Crippen LogP contribution in [0.2, 0.25) is 0 Å². The average molecular weight is 1230 g/mol. The Morgan fingerprint density at radius 1 is 0.310 bits per heavy atom. The van der Waals surface area contributed by atoms with Crippen molar-refractivity contribution in [2.75, 3.05) is 59.8 Å². The third-order valence-electron chi connectivity index (χ3n) is 15.8. The van der Waals surface area contributed by atoms with Gasteiger partial charge in [-0.3, -0.25) is 4.79 Å². The van der Waals surface area contributed by atoms with E-state index < -0.39 is 267 Å². The largest absolute Gasteiger partial charge is 0.463 e. The van der Waals surface area contributed by atoms with Gasteiger partial charge in [0.1, 0.15) is 178 Å². The highest BCUT2D eigenvalue weighted by Gasteiger charge is 2.59. The van der Waals surface area contributed by atoms with Gasteiger partial charge in [0.25, 0.3) is 0 Å². The Hall–Kier alpha value is -1.93. The summed E-state index contributed by atoms with van der Waals surface area (Å²) in [5.74, 6) is -0.805. The van der Waals surface area contributed by atoms with Crippen LogP contribution in [0, 0.1) is 0 Å². The Labute approximate surface area is 476 Å². The van der Waals surface area contributed by atoms with E-state index in [0.29, 0.717) is 13.0 Å². The Kier molecular flexibility index (Phi) is 24.1. The van der Waals surface area contributed by atoms with Crippen LogP contribution in [-0.4, -0.2) is 383 Å². The number of hydrogen-bond donors (Lipinski definition) is 21. The van der Waals surface area contributed by atoms with E-state index >= 15 is 0 Å². The van der Waals surface area contributed by atoms with Gasteiger partial charge in [0, 0.05) is 6.42 Å². The molecule has 0 aromatic carbocycles. The van der Waals surface area contributed by atoms with E-state index in [4.69, 9.17) is 71.1 Å². The molecule has 21 saturated heterocycles. The summed E-state index contributed by atoms with van der Waals surface area (Å²) < 4.78 is 86.0. The minimum Gasteiger partial charge on any atom is -0.463 e. The Balaban J connectivity index is 1.09. The fraction of sp³-hybridized carbons (Fsp3) is 0.979. The summed E-state index contributed by atoms with van der Waals surface area (Å²) in [6, 6.07) is 0. The van der Waals surface area contributed by atoms with Crippen LogP contribution in [-0.2, 0) is 75.8 Å². The second kappa shape index (κ2) is 29.8. The number of carbonyl (C=O) groups is 1. The molecular weight excluding hydrogens is 1150 g/mol. The molecule has 0 aromatic heterocycles. The van der Waals surface area contributed by atoms with Crippen molar-refractivity contribution in [3.63, 3.8) is 0 Å². The first-order chi connectivity index (χ1) is 40.0. The molecule has 37 nitrogen and oxygen atoms in total. The van der Waals surface area contributed by atoms with Gasteiger partial charge in [-0.1, -0.05) is 0 Å². The zero-order valence-corrected chi connectivity index (χ0v) is 44.8. The topological polar surface area (TPSA) is 572 Å². The van der Waals surface area contributed by atoms with Crippen LogP contribution < -0.4 is 5.32 Å². The summed E-state index contributed by atoms with van der Waals surface area (Å²) in [5.41, 5.74) is 0. The molecular formula is C47H79NO36. The first kappa shape index (κ1) is 68.0. The zero-order valence-electron chi connectivity index (χ0n) is 44.8. The maximum absolute atomic E-state index is 12.8. The maximum atomic E-state index is 12.8. The summed E-state index contributed by atoms with van der Waals surface area (Å²) in [6.07, 6.45) is -71.0. The number of carbonyl (C=O) groups excluding carboxylic acids is 1. The first-order valence-corrected chi connectivity index (χ1v) is 27.2. The summed E-state index contributed by atoms with van der Waals surface area (Å²) in [7, 11) is 1.63. The second-order valence-corrected chi connectivity index (χ2v) is 21.4. The van der Waals surface area contributed by atoms with E-state index in [0.717, 1.165) is 0 Å². The molecule has 0 unspecified atom stereocenters. The van der Waals surface area contributed by atoms with E-state index in [1.807, 2.05) is 0 Å². The highest BCUT2D eigenvalue weighted by Crippen LogP contribution is 2.39. The molecule has 21 fully saturated rings. The van der Waals surface area contributed by atoms with E-state index in [-0.39, 0.29) is 6.42 Å². The van der Waals surface area contributed by atoms with Crippen molar-refractivity contribution in [3.8, 4) is 0 Å². The fourth-order valence-corrected chi connectivity index (χ4v) is 11.1. The number of esters is 1. The van der Waals surface area contributed by atoms with Gasteiger partial charge < -0.3 is 179 Å². The van der Waals surface area contributed by atoms with Gasteiger partial charge in [0.2, 0.25) is 0 Å². The van der Waals surface area contributed by atoms with Crippen molar-refractivity contribution in [1.82, 2.24) is 5.32 Å². The van der Waals surface area contributed by atoms with Crippen molar-refractivity contribution < 1.29 is 178 Å². The van der Waals surface area contributed by atoms with Crippen LogP contribution >= 0.6 is 0 Å².